The van der Waals surface area contributed by atoms with Crippen LogP contribution < -0.4 is 15.8 Å². The Kier molecular flexibility index (Phi) is 4.61. The first-order valence-corrected chi connectivity index (χ1v) is 6.89. The van der Waals surface area contributed by atoms with Crippen LogP contribution in [-0.2, 0) is 4.79 Å². The van der Waals surface area contributed by atoms with Crippen LogP contribution in [0.4, 0.5) is 5.69 Å². The summed E-state index contributed by atoms with van der Waals surface area (Å²) in [4.78, 5) is 23.3. The SMILES string of the molecule is CC(=O)c1cc(N)ccc1OCC(=O)NC1CCCC1. The predicted molar refractivity (Wildman–Crippen MR) is 76.8 cm³/mol. The van der Waals surface area contributed by atoms with Gasteiger partial charge in [0.2, 0.25) is 0 Å². The summed E-state index contributed by atoms with van der Waals surface area (Å²) < 4.78 is 5.44. The van der Waals surface area contributed by atoms with Crippen LogP contribution in [0, 0.1) is 0 Å². The fourth-order valence-electron chi connectivity index (χ4n) is 2.43. The van der Waals surface area contributed by atoms with Crippen molar-refractivity contribution in [2.24, 2.45) is 0 Å². The molecule has 3 N–H and O–H groups in total. The Hall–Kier alpha value is -2.04. The molecule has 1 saturated carbocycles. The van der Waals surface area contributed by atoms with E-state index in [0.717, 1.165) is 25.7 Å². The molecule has 0 spiro atoms. The average Bonchev–Trinajstić information content (AvgIpc) is 2.90. The summed E-state index contributed by atoms with van der Waals surface area (Å²) in [7, 11) is 0. The summed E-state index contributed by atoms with van der Waals surface area (Å²) >= 11 is 0. The lowest BCUT2D eigenvalue weighted by Gasteiger charge is -2.14. The second-order valence-electron chi connectivity index (χ2n) is 5.15. The fourth-order valence-corrected chi connectivity index (χ4v) is 2.43. The summed E-state index contributed by atoms with van der Waals surface area (Å²) in [5.41, 5.74) is 6.54. The molecule has 0 radical (unpaired) electrons. The Labute approximate surface area is 118 Å². The number of benzene rings is 1. The molecule has 1 aliphatic carbocycles. The number of carbonyl (C=O) groups excluding carboxylic acids is 2. The Balaban J connectivity index is 1.93. The lowest BCUT2D eigenvalue weighted by atomic mass is 10.1. The van der Waals surface area contributed by atoms with E-state index >= 15 is 0 Å². The monoisotopic (exact) mass is 276 g/mol. The minimum atomic E-state index is -0.150. The van der Waals surface area contributed by atoms with Gasteiger partial charge >= 0.3 is 0 Å². The van der Waals surface area contributed by atoms with Gasteiger partial charge in [-0.2, -0.15) is 0 Å². The molecule has 0 bridgehead atoms. The standard InChI is InChI=1S/C15H20N2O3/c1-10(18)13-8-11(16)6-7-14(13)20-9-15(19)17-12-4-2-3-5-12/h6-8,12H,2-5,9,16H2,1H3,(H,17,19). The van der Waals surface area contributed by atoms with E-state index in [1.165, 1.54) is 6.92 Å². The fraction of sp³-hybridized carbons (Fsp3) is 0.467. The number of rotatable bonds is 5. The number of amides is 1. The van der Waals surface area contributed by atoms with Crippen molar-refractivity contribution in [2.45, 2.75) is 38.6 Å². The van der Waals surface area contributed by atoms with E-state index in [2.05, 4.69) is 5.32 Å². The topological polar surface area (TPSA) is 81.4 Å². The normalized spacial score (nSPS) is 15.1. The number of anilines is 1. The number of ether oxygens (including phenoxy) is 1. The number of hydrogen-bond acceptors (Lipinski definition) is 4. The van der Waals surface area contributed by atoms with Gasteiger partial charge < -0.3 is 15.8 Å². The molecule has 0 atom stereocenters. The molecule has 1 amide bonds. The van der Waals surface area contributed by atoms with E-state index in [0.29, 0.717) is 17.0 Å². The summed E-state index contributed by atoms with van der Waals surface area (Å²) in [5.74, 6) is 0.111. The van der Waals surface area contributed by atoms with Crippen molar-refractivity contribution in [2.75, 3.05) is 12.3 Å². The first-order chi connectivity index (χ1) is 9.56. The number of nitrogen functional groups attached to an aromatic ring is 1. The molecule has 5 heteroatoms. The molecule has 1 aliphatic rings. The van der Waals surface area contributed by atoms with Crippen molar-refractivity contribution >= 4 is 17.4 Å². The molecule has 0 unspecified atom stereocenters. The number of carbonyl (C=O) groups is 2. The number of ketones is 1. The van der Waals surface area contributed by atoms with Crippen molar-refractivity contribution in [3.63, 3.8) is 0 Å². The zero-order chi connectivity index (χ0) is 14.5. The molecule has 0 heterocycles. The average molecular weight is 276 g/mol. The molecule has 0 saturated heterocycles. The third-order valence-corrected chi connectivity index (χ3v) is 3.46. The Bertz CT molecular complexity index is 508. The van der Waals surface area contributed by atoms with Gasteiger partial charge in [0.1, 0.15) is 5.75 Å². The molecule has 0 aliphatic heterocycles. The molecular formula is C15H20N2O3. The number of hydrogen-bond donors (Lipinski definition) is 2. The lowest BCUT2D eigenvalue weighted by molar-refractivity contribution is -0.123. The Morgan fingerprint density at radius 3 is 2.70 bits per heavy atom. The van der Waals surface area contributed by atoms with Crippen LogP contribution in [0.5, 0.6) is 5.75 Å². The third kappa shape index (κ3) is 3.73. The van der Waals surface area contributed by atoms with E-state index in [1.807, 2.05) is 0 Å². The van der Waals surface area contributed by atoms with Gasteiger partial charge in [0.05, 0.1) is 5.56 Å². The highest BCUT2D eigenvalue weighted by Crippen LogP contribution is 2.22. The zero-order valence-electron chi connectivity index (χ0n) is 11.6. The van der Waals surface area contributed by atoms with Gasteiger partial charge in [0.15, 0.2) is 12.4 Å². The highest BCUT2D eigenvalue weighted by atomic mass is 16.5. The van der Waals surface area contributed by atoms with Crippen LogP contribution in [0.25, 0.3) is 0 Å². The van der Waals surface area contributed by atoms with Crippen LogP contribution in [0.2, 0.25) is 0 Å². The van der Waals surface area contributed by atoms with E-state index in [-0.39, 0.29) is 24.3 Å². The van der Waals surface area contributed by atoms with Gasteiger partial charge in [-0.05, 0) is 38.0 Å². The summed E-state index contributed by atoms with van der Waals surface area (Å²) in [6.07, 6.45) is 4.40. The zero-order valence-corrected chi connectivity index (χ0v) is 11.6. The largest absolute Gasteiger partial charge is 0.483 e. The molecule has 20 heavy (non-hydrogen) atoms. The van der Waals surface area contributed by atoms with Gasteiger partial charge in [-0.3, -0.25) is 9.59 Å². The van der Waals surface area contributed by atoms with Crippen LogP contribution >= 0.6 is 0 Å². The number of nitrogens with one attached hydrogen (secondary N) is 1. The molecule has 1 fully saturated rings. The maximum absolute atomic E-state index is 11.8. The van der Waals surface area contributed by atoms with Crippen LogP contribution in [0.15, 0.2) is 18.2 Å². The second kappa shape index (κ2) is 6.41. The molecule has 0 aromatic heterocycles. The molecule has 1 aromatic rings. The van der Waals surface area contributed by atoms with Crippen molar-refractivity contribution in [1.82, 2.24) is 5.32 Å². The Morgan fingerprint density at radius 1 is 1.35 bits per heavy atom. The first kappa shape index (κ1) is 14.4. The first-order valence-electron chi connectivity index (χ1n) is 6.89. The lowest BCUT2D eigenvalue weighted by Crippen LogP contribution is -2.36. The maximum Gasteiger partial charge on any atom is 0.258 e. The van der Waals surface area contributed by atoms with Gasteiger partial charge in [0, 0.05) is 11.7 Å². The predicted octanol–water partition coefficient (Wildman–Crippen LogP) is 1.91. The summed E-state index contributed by atoms with van der Waals surface area (Å²) in [6.45, 7) is 1.36. The van der Waals surface area contributed by atoms with Crippen molar-refractivity contribution in [1.29, 1.82) is 0 Å². The van der Waals surface area contributed by atoms with Gasteiger partial charge in [-0.25, -0.2) is 0 Å². The van der Waals surface area contributed by atoms with E-state index in [1.54, 1.807) is 18.2 Å². The van der Waals surface area contributed by atoms with Crippen molar-refractivity contribution in [3.05, 3.63) is 23.8 Å². The van der Waals surface area contributed by atoms with Crippen LogP contribution in [0.1, 0.15) is 43.0 Å². The molecule has 2 rings (SSSR count). The highest BCUT2D eigenvalue weighted by Gasteiger charge is 2.17. The van der Waals surface area contributed by atoms with Gasteiger partial charge in [-0.1, -0.05) is 12.8 Å². The quantitative estimate of drug-likeness (QED) is 0.636. The number of nitrogens with two attached hydrogens (primary N) is 1. The number of Topliss-reactive ketones (excluding diaryl/α,β-unsaturated/α-hetero) is 1. The summed E-state index contributed by atoms with van der Waals surface area (Å²) in [6, 6.07) is 5.10. The van der Waals surface area contributed by atoms with Crippen molar-refractivity contribution < 1.29 is 14.3 Å². The van der Waals surface area contributed by atoms with Crippen LogP contribution in [0.3, 0.4) is 0 Å². The highest BCUT2D eigenvalue weighted by molar-refractivity contribution is 5.97. The van der Waals surface area contributed by atoms with Crippen molar-refractivity contribution in [3.8, 4) is 5.75 Å². The van der Waals surface area contributed by atoms with Gasteiger partial charge in [0.25, 0.3) is 5.91 Å². The van der Waals surface area contributed by atoms with E-state index in [4.69, 9.17) is 10.5 Å². The summed E-state index contributed by atoms with van der Waals surface area (Å²) in [5, 5.41) is 2.94. The smallest absolute Gasteiger partial charge is 0.258 e. The maximum atomic E-state index is 11.8. The molecular weight excluding hydrogens is 256 g/mol. The van der Waals surface area contributed by atoms with Gasteiger partial charge in [-0.15, -0.1) is 0 Å². The third-order valence-electron chi connectivity index (χ3n) is 3.46. The Morgan fingerprint density at radius 2 is 2.05 bits per heavy atom. The molecule has 108 valence electrons. The van der Waals surface area contributed by atoms with E-state index < -0.39 is 0 Å². The molecule has 1 aromatic carbocycles. The minimum Gasteiger partial charge on any atom is -0.483 e. The second-order valence-corrected chi connectivity index (χ2v) is 5.15. The molecule has 5 nitrogen and oxygen atoms in total. The minimum absolute atomic E-state index is 0.0826. The van der Waals surface area contributed by atoms with E-state index in [9.17, 15) is 9.59 Å². The van der Waals surface area contributed by atoms with Crippen LogP contribution in [-0.4, -0.2) is 24.3 Å².